The molecule has 0 radical (unpaired) electrons. The van der Waals surface area contributed by atoms with Crippen LogP contribution in [0.3, 0.4) is 0 Å². The van der Waals surface area contributed by atoms with E-state index in [1.807, 2.05) is 32.0 Å². The normalized spacial score (nSPS) is 17.2. The number of primary amides is 1. The Morgan fingerprint density at radius 2 is 1.37 bits per heavy atom. The molecule has 0 aliphatic carbocycles. The number of nitrogens with zero attached hydrogens (tertiary/aromatic N) is 3. The Hall–Kier alpha value is -7.05. The number of amides is 10. The van der Waals surface area contributed by atoms with Crippen LogP contribution >= 0.6 is 0 Å². The van der Waals surface area contributed by atoms with Crippen LogP contribution in [0.2, 0.25) is 0 Å². The number of nitrogens with two attached hydrogens (primary N) is 1. The van der Waals surface area contributed by atoms with Crippen LogP contribution in [0.15, 0.2) is 54.6 Å². The molecule has 12 atom stereocenters. The zero-order valence-corrected chi connectivity index (χ0v) is 54.4. The molecule has 0 bridgehead atoms. The molecule has 0 saturated carbocycles. The first kappa shape index (κ1) is 74.2. The molecule has 1 aliphatic heterocycles. The number of nitrogens with one attached hydrogen (secondary N) is 6. The summed E-state index contributed by atoms with van der Waals surface area (Å²) in [5.41, 5.74) is 5.95. The highest BCUT2D eigenvalue weighted by Gasteiger charge is 2.44. The lowest BCUT2D eigenvalue weighted by atomic mass is 9.89. The fourth-order valence-electron chi connectivity index (χ4n) is 10.9. The third-order valence-electron chi connectivity index (χ3n) is 15.9. The summed E-state index contributed by atoms with van der Waals surface area (Å²) in [7, 11) is 6.10. The lowest BCUT2D eigenvalue weighted by Gasteiger charge is -2.41. The van der Waals surface area contributed by atoms with Crippen LogP contribution in [-0.4, -0.2) is 175 Å². The number of likely N-dealkylation sites (tertiary alicyclic amines) is 1. The number of anilines is 1. The van der Waals surface area contributed by atoms with Crippen molar-refractivity contribution < 1.29 is 67.2 Å². The number of hydrogen-bond acceptors (Lipinski definition) is 14. The van der Waals surface area contributed by atoms with Crippen LogP contribution in [0.1, 0.15) is 146 Å². The maximum Gasteiger partial charge on any atom is 0.410 e. The molecule has 0 unspecified atom stereocenters. The number of likely N-dealkylation sites (N-methyl/N-ethyl adjacent to an activating group) is 2. The van der Waals surface area contributed by atoms with Gasteiger partial charge in [0.2, 0.25) is 35.4 Å². The van der Waals surface area contributed by atoms with Gasteiger partial charge in [0.25, 0.3) is 0 Å². The van der Waals surface area contributed by atoms with Gasteiger partial charge < -0.3 is 71.5 Å². The van der Waals surface area contributed by atoms with Crippen molar-refractivity contribution in [3.63, 3.8) is 0 Å². The second kappa shape index (κ2) is 35.1. The number of carbonyl (C=O) groups excluding carboxylic acids is 9. The minimum Gasteiger partial charge on any atom is -0.445 e. The maximum absolute atomic E-state index is 14.8. The van der Waals surface area contributed by atoms with E-state index in [2.05, 4.69) is 31.9 Å². The molecule has 2 aromatic rings. The van der Waals surface area contributed by atoms with Gasteiger partial charge in [-0.3, -0.25) is 33.7 Å². The average Bonchev–Trinajstić information content (AvgIpc) is 2.33. The third-order valence-corrected chi connectivity index (χ3v) is 15.9. The van der Waals surface area contributed by atoms with Gasteiger partial charge >= 0.3 is 18.2 Å². The van der Waals surface area contributed by atoms with Crippen LogP contribution in [0, 0.1) is 29.6 Å². The van der Waals surface area contributed by atoms with Gasteiger partial charge in [0, 0.05) is 47.1 Å². The van der Waals surface area contributed by atoms with Crippen molar-refractivity contribution in [3.05, 3.63) is 65.7 Å². The van der Waals surface area contributed by atoms with Crippen molar-refractivity contribution in [1.82, 2.24) is 41.3 Å². The fourth-order valence-corrected chi connectivity index (χ4v) is 10.9. The largest absolute Gasteiger partial charge is 0.445 e. The topological polar surface area (TPSA) is 319 Å². The molecule has 9 N–H and O–H groups in total. The van der Waals surface area contributed by atoms with E-state index < -0.39 is 126 Å². The maximum atomic E-state index is 14.8. The molecule has 3 rings (SSSR count). The summed E-state index contributed by atoms with van der Waals surface area (Å²) in [6.45, 7) is 23.5. The summed E-state index contributed by atoms with van der Waals surface area (Å²) in [5, 5.41) is 27.4. The lowest BCUT2D eigenvalue weighted by Crippen LogP contribution is -2.60. The molecular formula is C63H102N10O14. The van der Waals surface area contributed by atoms with Crippen LogP contribution in [0.25, 0.3) is 0 Å². The van der Waals surface area contributed by atoms with Gasteiger partial charge in [0.1, 0.15) is 36.4 Å². The number of aliphatic hydroxyl groups is 1. The van der Waals surface area contributed by atoms with E-state index in [9.17, 15) is 48.3 Å². The summed E-state index contributed by atoms with van der Waals surface area (Å²) in [6.07, 6.45) is -1.79. The Labute approximate surface area is 515 Å². The van der Waals surface area contributed by atoms with Crippen LogP contribution < -0.4 is 37.6 Å². The summed E-state index contributed by atoms with van der Waals surface area (Å²) >= 11 is 0. The standard InChI is InChI=1S/C63H102N10O14/c1-18-39(8)52(47(84-16)34-48(74)73-33-23-27-46(73)54(85-17)40(9)55(76)66-41(10)53(75)43-24-20-19-21-25-43)71(14)59(80)50(37(4)5)69-58(79)51(38(6)7)72(15)62(83)86-35-42-28-30-44(31-29-42)67-56(77)45(26-22-32-65-60(64)81)68-57(78)49(36(2)3)70-61(82)87-63(11,12)13/h19-21,24-25,28-31,36-41,45-47,49-54,75H,18,22-23,26-27,32-35H2,1-17H3,(H,66,76)(H,67,77)(H,68,78)(H,69,79)(H,70,82)(H3,64,65,81)/t39-,40+,41+,45-,46-,47+,49-,50-,51-,52-,53+,54+/m0/s1. The highest BCUT2D eigenvalue weighted by molar-refractivity contribution is 5.98. The summed E-state index contributed by atoms with van der Waals surface area (Å²) in [5.74, 6) is -4.83. The summed E-state index contributed by atoms with van der Waals surface area (Å²) < 4.78 is 23.1. The van der Waals surface area contributed by atoms with Gasteiger partial charge in [-0.05, 0) is 100 Å². The number of methoxy groups -OCH3 is 2. The first-order chi connectivity index (χ1) is 40.8. The van der Waals surface area contributed by atoms with Crippen molar-refractivity contribution in [2.75, 3.05) is 46.7 Å². The molecule has 1 fully saturated rings. The van der Waals surface area contributed by atoms with E-state index in [4.69, 9.17) is 24.7 Å². The number of carbonyl (C=O) groups is 9. The molecule has 1 aliphatic rings. The van der Waals surface area contributed by atoms with Gasteiger partial charge in [-0.25, -0.2) is 14.4 Å². The monoisotopic (exact) mass is 1220 g/mol. The molecule has 0 spiro atoms. The quantitative estimate of drug-likeness (QED) is 0.0390. The van der Waals surface area contributed by atoms with E-state index in [-0.39, 0.29) is 56.1 Å². The molecule has 24 heteroatoms. The van der Waals surface area contributed by atoms with Crippen LogP contribution in [0.5, 0.6) is 0 Å². The number of urea groups is 1. The number of benzene rings is 2. The van der Waals surface area contributed by atoms with Crippen molar-refractivity contribution in [3.8, 4) is 0 Å². The molecule has 2 aromatic carbocycles. The lowest BCUT2D eigenvalue weighted by molar-refractivity contribution is -0.148. The molecule has 0 aromatic heterocycles. The van der Waals surface area contributed by atoms with Gasteiger partial charge in [-0.15, -0.1) is 0 Å². The first-order valence-corrected chi connectivity index (χ1v) is 30.4. The Morgan fingerprint density at radius 1 is 0.747 bits per heavy atom. The Morgan fingerprint density at radius 3 is 1.91 bits per heavy atom. The van der Waals surface area contributed by atoms with E-state index >= 15 is 0 Å². The summed E-state index contributed by atoms with van der Waals surface area (Å²) in [4.78, 5) is 127. The molecule has 1 saturated heterocycles. The first-order valence-electron chi connectivity index (χ1n) is 30.4. The second-order valence-electron chi connectivity index (χ2n) is 24.9. The number of ether oxygens (including phenoxy) is 4. The van der Waals surface area contributed by atoms with Crippen LogP contribution in [0.4, 0.5) is 20.1 Å². The highest BCUT2D eigenvalue weighted by atomic mass is 16.6. The molecule has 87 heavy (non-hydrogen) atoms. The second-order valence-corrected chi connectivity index (χ2v) is 24.9. The van der Waals surface area contributed by atoms with E-state index in [0.29, 0.717) is 42.6 Å². The fraction of sp³-hybridized carbons (Fsp3) is 0.667. The minimum absolute atomic E-state index is 0.0851. The Balaban J connectivity index is 1.71. The zero-order valence-electron chi connectivity index (χ0n) is 54.4. The van der Waals surface area contributed by atoms with Gasteiger partial charge in [0.15, 0.2) is 0 Å². The molecule has 10 amide bonds. The number of aliphatic hydroxyl groups excluding tert-OH is 1. The third kappa shape index (κ3) is 22.6. The van der Waals surface area contributed by atoms with Gasteiger partial charge in [-0.2, -0.15) is 0 Å². The Kier molecular flexibility index (Phi) is 29.9. The smallest absolute Gasteiger partial charge is 0.410 e. The number of rotatable bonds is 32. The van der Waals surface area contributed by atoms with Gasteiger partial charge in [0.05, 0.1) is 48.8 Å². The Bertz CT molecular complexity index is 2570. The van der Waals surface area contributed by atoms with Crippen molar-refractivity contribution in [2.24, 2.45) is 35.3 Å². The predicted octanol–water partition coefficient (Wildman–Crippen LogP) is 6.00. The summed E-state index contributed by atoms with van der Waals surface area (Å²) in [6, 6.07) is 8.81. The molecular weight excluding hydrogens is 1120 g/mol. The molecule has 24 nitrogen and oxygen atoms in total. The number of hydrogen-bond donors (Lipinski definition) is 8. The SMILES string of the molecule is CC[C@H](C)[C@@H]([C@@H](CC(=O)N1CCC[C@H]1[C@H](OC)[C@@H](C)C(=O)N[C@H](C)[C@@H](O)c1ccccc1)OC)N(C)C(=O)[C@@H](NC(=O)[C@H](C(C)C)N(C)C(=O)OCc1ccc(NC(=O)[C@H](CCCNC(N)=O)NC(=O)[C@@H](NC(=O)OC(C)(C)C)C(C)C)cc1)C(C)C. The van der Waals surface area contributed by atoms with Gasteiger partial charge in [-0.1, -0.05) is 111 Å². The highest BCUT2D eigenvalue weighted by Crippen LogP contribution is 2.30. The van der Waals surface area contributed by atoms with Crippen molar-refractivity contribution in [1.29, 1.82) is 0 Å². The molecule has 1 heterocycles. The molecule has 488 valence electrons. The zero-order chi connectivity index (χ0) is 65.6. The van der Waals surface area contributed by atoms with Crippen molar-refractivity contribution in [2.45, 2.75) is 201 Å². The predicted molar refractivity (Wildman–Crippen MR) is 330 cm³/mol. The van der Waals surface area contributed by atoms with Crippen LogP contribution in [-0.2, 0) is 54.3 Å². The van der Waals surface area contributed by atoms with Crippen molar-refractivity contribution >= 4 is 59.3 Å². The van der Waals surface area contributed by atoms with E-state index in [1.54, 1.807) is 129 Å². The minimum atomic E-state index is -1.10. The van der Waals surface area contributed by atoms with E-state index in [0.717, 1.165) is 0 Å². The average molecular weight is 1220 g/mol. The van der Waals surface area contributed by atoms with E-state index in [1.165, 1.54) is 26.2 Å². The number of alkyl carbamates (subject to hydrolysis) is 1.